The number of esters is 1. The molecule has 4 rings (SSSR count). The largest absolute Gasteiger partial charge is 0.454 e. The van der Waals surface area contributed by atoms with Gasteiger partial charge >= 0.3 is 5.97 Å². The van der Waals surface area contributed by atoms with Gasteiger partial charge in [-0.15, -0.1) is 0 Å². The zero-order valence-corrected chi connectivity index (χ0v) is 24.3. The Labute approximate surface area is 242 Å². The van der Waals surface area contributed by atoms with Gasteiger partial charge in [-0.2, -0.15) is 0 Å². The monoisotopic (exact) mass is 572 g/mol. The third kappa shape index (κ3) is 8.58. The normalized spacial score (nSPS) is 34.1. The van der Waals surface area contributed by atoms with Crippen molar-refractivity contribution in [2.75, 3.05) is 0 Å². The Balaban J connectivity index is 1.62. The van der Waals surface area contributed by atoms with E-state index < -0.39 is 67.2 Å². The molecule has 0 aliphatic carbocycles. The molecule has 2 fully saturated rings. The molecule has 41 heavy (non-hydrogen) atoms. The quantitative estimate of drug-likeness (QED) is 0.384. The van der Waals surface area contributed by atoms with Gasteiger partial charge in [0, 0.05) is 19.3 Å². The van der Waals surface area contributed by atoms with Gasteiger partial charge in [-0.1, -0.05) is 80.9 Å². The molecule has 0 bridgehead atoms. The molecule has 226 valence electrons. The van der Waals surface area contributed by atoms with E-state index in [2.05, 4.69) is 0 Å². The first-order valence-electron chi connectivity index (χ1n) is 14.6. The van der Waals surface area contributed by atoms with Crippen LogP contribution in [0.4, 0.5) is 0 Å². The molecule has 2 saturated heterocycles. The van der Waals surface area contributed by atoms with Gasteiger partial charge in [0.05, 0.1) is 37.6 Å². The molecule has 10 unspecified atom stereocenters. The lowest BCUT2D eigenvalue weighted by Gasteiger charge is -2.45. The standard InChI is InChI=1S/C32H44O9/c1-5-12-26-29(27(21(3)31(35)40-26)36-18-23-13-8-6-9-14-23)41-32-30(39-22(4)33)28(25(34)17-20(2)38-32)37-19-24-15-10-7-11-16-24/h6-11,13-16,20-21,25-32,34-35H,5,12,17-19H2,1-4H3. The van der Waals surface area contributed by atoms with E-state index >= 15 is 0 Å². The first-order chi connectivity index (χ1) is 19.8. The van der Waals surface area contributed by atoms with E-state index in [0.717, 1.165) is 17.5 Å². The van der Waals surface area contributed by atoms with Crippen molar-refractivity contribution in [1.29, 1.82) is 0 Å². The van der Waals surface area contributed by atoms with Gasteiger partial charge in [-0.25, -0.2) is 0 Å². The number of carbonyl (C=O) groups is 1. The molecule has 2 aliphatic heterocycles. The Morgan fingerprint density at radius 3 is 2.00 bits per heavy atom. The Kier molecular flexibility index (Phi) is 11.7. The maximum atomic E-state index is 12.3. The van der Waals surface area contributed by atoms with Crippen molar-refractivity contribution in [3.63, 3.8) is 0 Å². The number of rotatable bonds is 11. The van der Waals surface area contributed by atoms with Crippen LogP contribution in [-0.4, -0.2) is 71.5 Å². The third-order valence-electron chi connectivity index (χ3n) is 7.62. The van der Waals surface area contributed by atoms with Gasteiger partial charge in [0.15, 0.2) is 18.7 Å². The smallest absolute Gasteiger partial charge is 0.303 e. The lowest BCUT2D eigenvalue weighted by molar-refractivity contribution is -0.326. The van der Waals surface area contributed by atoms with Crippen LogP contribution in [0, 0.1) is 5.92 Å². The number of ether oxygens (including phenoxy) is 6. The summed E-state index contributed by atoms with van der Waals surface area (Å²) in [4.78, 5) is 12.3. The average molecular weight is 573 g/mol. The highest BCUT2D eigenvalue weighted by atomic mass is 16.7. The van der Waals surface area contributed by atoms with Crippen molar-refractivity contribution >= 4 is 5.97 Å². The second-order valence-electron chi connectivity index (χ2n) is 11.0. The van der Waals surface area contributed by atoms with Crippen molar-refractivity contribution < 1.29 is 43.4 Å². The maximum absolute atomic E-state index is 12.3. The summed E-state index contributed by atoms with van der Waals surface area (Å²) < 4.78 is 37.3. The molecule has 0 amide bonds. The molecule has 0 saturated carbocycles. The molecule has 2 heterocycles. The van der Waals surface area contributed by atoms with Crippen LogP contribution in [0.25, 0.3) is 0 Å². The van der Waals surface area contributed by atoms with Crippen LogP contribution in [0.5, 0.6) is 0 Å². The lowest BCUT2D eigenvalue weighted by atomic mass is 9.90. The van der Waals surface area contributed by atoms with Gasteiger partial charge < -0.3 is 38.6 Å². The molecule has 2 aromatic rings. The summed E-state index contributed by atoms with van der Waals surface area (Å²) in [6.45, 7) is 7.55. The molecule has 10 atom stereocenters. The lowest BCUT2D eigenvalue weighted by Crippen LogP contribution is -2.58. The molecular formula is C32H44O9. The van der Waals surface area contributed by atoms with Crippen molar-refractivity contribution in [1.82, 2.24) is 0 Å². The van der Waals surface area contributed by atoms with Crippen LogP contribution in [-0.2, 0) is 46.4 Å². The first kappa shape index (κ1) is 31.6. The molecule has 9 heteroatoms. The SMILES string of the molecule is CCCC1OC(O)C(C)C(OCc2ccccc2)C1OC1OC(C)CC(O)C(OCc2ccccc2)C1OC(C)=O. The number of aliphatic hydroxyl groups excluding tert-OH is 2. The molecule has 2 N–H and O–H groups in total. The van der Waals surface area contributed by atoms with Crippen molar-refractivity contribution in [3.8, 4) is 0 Å². The van der Waals surface area contributed by atoms with E-state index in [1.807, 2.05) is 81.4 Å². The van der Waals surface area contributed by atoms with E-state index in [1.54, 1.807) is 0 Å². The van der Waals surface area contributed by atoms with Crippen LogP contribution < -0.4 is 0 Å². The molecule has 0 aromatic heterocycles. The fourth-order valence-corrected chi connectivity index (χ4v) is 5.51. The highest BCUT2D eigenvalue weighted by molar-refractivity contribution is 5.66. The number of carbonyl (C=O) groups excluding carboxylic acids is 1. The highest BCUT2D eigenvalue weighted by Gasteiger charge is 2.50. The Morgan fingerprint density at radius 1 is 0.854 bits per heavy atom. The number of hydrogen-bond acceptors (Lipinski definition) is 9. The molecule has 0 radical (unpaired) electrons. The first-order valence-corrected chi connectivity index (χ1v) is 14.6. The maximum Gasteiger partial charge on any atom is 0.303 e. The summed E-state index contributed by atoms with van der Waals surface area (Å²) in [5.41, 5.74) is 1.90. The topological polar surface area (TPSA) is 113 Å². The van der Waals surface area contributed by atoms with Gasteiger partial charge in [0.1, 0.15) is 12.2 Å². The minimum absolute atomic E-state index is 0.207. The van der Waals surface area contributed by atoms with Crippen molar-refractivity contribution in [2.45, 2.75) is 115 Å². The highest BCUT2D eigenvalue weighted by Crippen LogP contribution is 2.35. The summed E-state index contributed by atoms with van der Waals surface area (Å²) in [6, 6.07) is 19.4. The van der Waals surface area contributed by atoms with Gasteiger partial charge in [0.2, 0.25) is 0 Å². The second-order valence-corrected chi connectivity index (χ2v) is 11.0. The zero-order valence-electron chi connectivity index (χ0n) is 24.3. The number of aliphatic hydroxyl groups is 2. The fraction of sp³-hybridized carbons (Fsp3) is 0.594. The minimum atomic E-state index is -1.08. The molecule has 2 aliphatic rings. The van der Waals surface area contributed by atoms with Crippen LogP contribution in [0.2, 0.25) is 0 Å². The predicted octanol–water partition coefficient (Wildman–Crippen LogP) is 4.12. The number of hydrogen-bond donors (Lipinski definition) is 2. The van der Waals surface area contributed by atoms with Crippen LogP contribution >= 0.6 is 0 Å². The van der Waals surface area contributed by atoms with Gasteiger partial charge in [-0.3, -0.25) is 4.79 Å². The van der Waals surface area contributed by atoms with Crippen LogP contribution in [0.3, 0.4) is 0 Å². The van der Waals surface area contributed by atoms with Gasteiger partial charge in [0.25, 0.3) is 0 Å². The third-order valence-corrected chi connectivity index (χ3v) is 7.62. The van der Waals surface area contributed by atoms with E-state index in [4.69, 9.17) is 28.4 Å². The molecule has 9 nitrogen and oxygen atoms in total. The second kappa shape index (κ2) is 15.2. The summed E-state index contributed by atoms with van der Waals surface area (Å²) >= 11 is 0. The Hall–Kier alpha value is -2.37. The van der Waals surface area contributed by atoms with E-state index in [9.17, 15) is 15.0 Å². The average Bonchev–Trinajstić information content (AvgIpc) is 3.05. The molecular weight excluding hydrogens is 528 g/mol. The van der Waals surface area contributed by atoms with E-state index in [0.29, 0.717) is 13.0 Å². The summed E-state index contributed by atoms with van der Waals surface area (Å²) in [5.74, 6) is -0.962. The van der Waals surface area contributed by atoms with Crippen LogP contribution in [0.15, 0.2) is 60.7 Å². The minimum Gasteiger partial charge on any atom is -0.454 e. The predicted molar refractivity (Wildman–Crippen MR) is 150 cm³/mol. The van der Waals surface area contributed by atoms with Crippen molar-refractivity contribution in [2.24, 2.45) is 5.92 Å². The molecule has 0 spiro atoms. The van der Waals surface area contributed by atoms with Gasteiger partial charge in [-0.05, 0) is 24.5 Å². The number of benzene rings is 2. The van der Waals surface area contributed by atoms with E-state index in [-0.39, 0.29) is 13.0 Å². The summed E-state index contributed by atoms with van der Waals surface area (Å²) in [7, 11) is 0. The van der Waals surface area contributed by atoms with Crippen LogP contribution in [0.1, 0.15) is 58.1 Å². The van der Waals surface area contributed by atoms with E-state index in [1.165, 1.54) is 6.92 Å². The molecule has 2 aromatic carbocycles. The Bertz CT molecular complexity index is 1050. The summed E-state index contributed by atoms with van der Waals surface area (Å²) in [6.07, 6.45) is -5.51. The van der Waals surface area contributed by atoms with Crippen molar-refractivity contribution in [3.05, 3.63) is 71.8 Å². The fourth-order valence-electron chi connectivity index (χ4n) is 5.51. The Morgan fingerprint density at radius 2 is 1.44 bits per heavy atom. The summed E-state index contributed by atoms with van der Waals surface area (Å²) in [5, 5.41) is 21.9. The zero-order chi connectivity index (χ0) is 29.4.